The Kier molecular flexibility index (Phi) is 3.11. The third kappa shape index (κ3) is 2.41. The summed E-state index contributed by atoms with van der Waals surface area (Å²) in [5.41, 5.74) is -2.38. The Bertz CT molecular complexity index is 716. The molecule has 0 saturated carbocycles. The normalized spacial score (nSPS) is 11.1. The molecule has 1 aromatic heterocycles. The van der Waals surface area contributed by atoms with Crippen molar-refractivity contribution in [3.05, 3.63) is 46.0 Å². The number of rotatable bonds is 2. The Balaban J connectivity index is 2.64. The highest BCUT2D eigenvalue weighted by molar-refractivity contribution is 5.49. The van der Waals surface area contributed by atoms with Crippen LogP contribution in [-0.4, -0.2) is 19.7 Å². The number of hydrogen-bond acceptors (Lipinski definition) is 5. The molecule has 0 N–H and O–H groups in total. The Morgan fingerprint density at radius 2 is 2.10 bits per heavy atom. The molecule has 0 aliphatic carbocycles. The number of benzene rings is 1. The van der Waals surface area contributed by atoms with Gasteiger partial charge in [0.05, 0.1) is 16.2 Å². The smallest absolute Gasteiger partial charge is 0.258 e. The fraction of sp³-hybridized carbons (Fsp3) is 0.100. The summed E-state index contributed by atoms with van der Waals surface area (Å²) in [6.07, 6.45) is -3.88. The van der Waals surface area contributed by atoms with Crippen LogP contribution in [0.5, 0.6) is 0 Å². The van der Waals surface area contributed by atoms with E-state index in [1.54, 1.807) is 6.07 Å². The van der Waals surface area contributed by atoms with Crippen LogP contribution in [-0.2, 0) is 6.18 Å². The van der Waals surface area contributed by atoms with E-state index < -0.39 is 28.0 Å². The van der Waals surface area contributed by atoms with Crippen molar-refractivity contribution in [3.63, 3.8) is 0 Å². The lowest BCUT2D eigenvalue weighted by molar-refractivity contribution is -0.385. The van der Waals surface area contributed by atoms with E-state index in [0.717, 1.165) is 23.1 Å². The molecule has 0 amide bonds. The average Bonchev–Trinajstić information content (AvgIpc) is 2.85. The van der Waals surface area contributed by atoms with Gasteiger partial charge in [-0.1, -0.05) is 0 Å². The molecule has 2 rings (SSSR count). The summed E-state index contributed by atoms with van der Waals surface area (Å²) in [4.78, 5) is 13.1. The van der Waals surface area contributed by atoms with E-state index in [9.17, 15) is 23.3 Å². The standard InChI is InChI=1S/C10H4F3N5O2/c11-10(12,13)7-3-6(18(19)20)1-2-8(7)17-5-15-9(4-14)16-17/h1-3,5H. The van der Waals surface area contributed by atoms with Crippen molar-refractivity contribution in [1.82, 2.24) is 14.8 Å². The van der Waals surface area contributed by atoms with Gasteiger partial charge in [0.2, 0.25) is 0 Å². The Morgan fingerprint density at radius 1 is 1.40 bits per heavy atom. The zero-order chi connectivity index (χ0) is 14.9. The number of hydrogen-bond donors (Lipinski definition) is 0. The molecule has 20 heavy (non-hydrogen) atoms. The first-order chi connectivity index (χ1) is 9.32. The van der Waals surface area contributed by atoms with Crippen LogP contribution in [0.3, 0.4) is 0 Å². The molecule has 0 aliphatic rings. The molecule has 0 unspecified atom stereocenters. The molecule has 0 atom stereocenters. The molecule has 1 heterocycles. The van der Waals surface area contributed by atoms with Crippen molar-refractivity contribution >= 4 is 5.69 Å². The van der Waals surface area contributed by atoms with Gasteiger partial charge in [-0.2, -0.15) is 18.4 Å². The van der Waals surface area contributed by atoms with Gasteiger partial charge in [-0.25, -0.2) is 9.67 Å². The molecule has 0 aliphatic heterocycles. The molecule has 0 saturated heterocycles. The van der Waals surface area contributed by atoms with Crippen LogP contribution in [0.25, 0.3) is 5.69 Å². The summed E-state index contributed by atoms with van der Waals surface area (Å²) in [6.45, 7) is 0. The number of alkyl halides is 3. The fourth-order valence-corrected chi connectivity index (χ4v) is 1.49. The Morgan fingerprint density at radius 3 is 2.60 bits per heavy atom. The van der Waals surface area contributed by atoms with E-state index in [2.05, 4.69) is 10.1 Å². The molecule has 2 aromatic rings. The fourth-order valence-electron chi connectivity index (χ4n) is 1.49. The van der Waals surface area contributed by atoms with Crippen LogP contribution in [0.2, 0.25) is 0 Å². The van der Waals surface area contributed by atoms with Crippen molar-refractivity contribution in [2.45, 2.75) is 6.18 Å². The number of nitrogens with zero attached hydrogens (tertiary/aromatic N) is 5. The largest absolute Gasteiger partial charge is 0.418 e. The average molecular weight is 283 g/mol. The topological polar surface area (TPSA) is 97.6 Å². The van der Waals surface area contributed by atoms with Crippen molar-refractivity contribution in [1.29, 1.82) is 5.26 Å². The molecule has 7 nitrogen and oxygen atoms in total. The maximum atomic E-state index is 12.9. The first-order valence-corrected chi connectivity index (χ1v) is 5.00. The lowest BCUT2D eigenvalue weighted by Crippen LogP contribution is -2.12. The molecular weight excluding hydrogens is 279 g/mol. The molecule has 10 heteroatoms. The molecule has 0 spiro atoms. The first kappa shape index (κ1) is 13.5. The van der Waals surface area contributed by atoms with Gasteiger partial charge in [0.1, 0.15) is 12.4 Å². The minimum atomic E-state index is -4.81. The third-order valence-electron chi connectivity index (χ3n) is 2.34. The highest BCUT2D eigenvalue weighted by Crippen LogP contribution is 2.35. The maximum absolute atomic E-state index is 12.9. The van der Waals surface area contributed by atoms with E-state index in [0.29, 0.717) is 6.07 Å². The number of nitro groups is 1. The SMILES string of the molecule is N#Cc1ncn(-c2ccc([N+](=O)[O-])cc2C(F)(F)F)n1. The molecule has 0 fully saturated rings. The molecule has 0 radical (unpaired) electrons. The van der Waals surface area contributed by atoms with Crippen molar-refractivity contribution < 1.29 is 18.1 Å². The monoisotopic (exact) mass is 283 g/mol. The number of aromatic nitrogens is 3. The summed E-state index contributed by atoms with van der Waals surface area (Å²) in [5.74, 6) is -0.309. The van der Waals surface area contributed by atoms with Crippen LogP contribution in [0.1, 0.15) is 11.4 Å². The van der Waals surface area contributed by atoms with Crippen LogP contribution in [0, 0.1) is 21.4 Å². The van der Waals surface area contributed by atoms with E-state index in [-0.39, 0.29) is 5.82 Å². The second-order valence-electron chi connectivity index (χ2n) is 3.58. The molecule has 0 bridgehead atoms. The highest BCUT2D eigenvalue weighted by Gasteiger charge is 2.36. The van der Waals surface area contributed by atoms with Crippen LogP contribution >= 0.6 is 0 Å². The van der Waals surface area contributed by atoms with Gasteiger partial charge in [-0.05, 0) is 6.07 Å². The minimum Gasteiger partial charge on any atom is -0.258 e. The van der Waals surface area contributed by atoms with E-state index in [1.807, 2.05) is 0 Å². The van der Waals surface area contributed by atoms with Gasteiger partial charge in [0, 0.05) is 12.1 Å². The number of nitriles is 1. The minimum absolute atomic E-state index is 0.309. The molecular formula is C10H4F3N5O2. The predicted octanol–water partition coefficient (Wildman–Crippen LogP) is 2.07. The van der Waals surface area contributed by atoms with E-state index in [4.69, 9.17) is 5.26 Å². The summed E-state index contributed by atoms with van der Waals surface area (Å²) < 4.78 is 39.5. The lowest BCUT2D eigenvalue weighted by atomic mass is 10.1. The van der Waals surface area contributed by atoms with Crippen LogP contribution in [0.4, 0.5) is 18.9 Å². The predicted molar refractivity (Wildman–Crippen MR) is 57.7 cm³/mol. The lowest BCUT2D eigenvalue weighted by Gasteiger charge is -2.11. The van der Waals surface area contributed by atoms with Gasteiger partial charge in [0.15, 0.2) is 0 Å². The quantitative estimate of drug-likeness (QED) is 0.620. The second-order valence-corrected chi connectivity index (χ2v) is 3.58. The second kappa shape index (κ2) is 4.61. The highest BCUT2D eigenvalue weighted by atomic mass is 19.4. The van der Waals surface area contributed by atoms with Gasteiger partial charge in [-0.3, -0.25) is 10.1 Å². The third-order valence-corrected chi connectivity index (χ3v) is 2.34. The van der Waals surface area contributed by atoms with Crippen molar-refractivity contribution in [3.8, 4) is 11.8 Å². The number of halogens is 3. The summed E-state index contributed by atoms with van der Waals surface area (Å²) >= 11 is 0. The molecule has 102 valence electrons. The zero-order valence-corrected chi connectivity index (χ0v) is 9.50. The zero-order valence-electron chi connectivity index (χ0n) is 9.50. The van der Waals surface area contributed by atoms with Gasteiger partial charge in [0.25, 0.3) is 11.5 Å². The Labute approximate surface area is 109 Å². The van der Waals surface area contributed by atoms with Gasteiger partial charge < -0.3 is 0 Å². The summed E-state index contributed by atoms with van der Waals surface area (Å²) in [5, 5.41) is 22.6. The van der Waals surface area contributed by atoms with Gasteiger partial charge >= 0.3 is 6.18 Å². The van der Waals surface area contributed by atoms with Crippen molar-refractivity contribution in [2.75, 3.05) is 0 Å². The van der Waals surface area contributed by atoms with E-state index >= 15 is 0 Å². The van der Waals surface area contributed by atoms with Crippen LogP contribution < -0.4 is 0 Å². The number of non-ortho nitro benzene ring substituents is 1. The molecule has 1 aromatic carbocycles. The Hall–Kier alpha value is -2.96. The van der Waals surface area contributed by atoms with Crippen LogP contribution in [0.15, 0.2) is 24.5 Å². The maximum Gasteiger partial charge on any atom is 0.418 e. The van der Waals surface area contributed by atoms with E-state index in [1.165, 1.54) is 0 Å². The van der Waals surface area contributed by atoms with Crippen molar-refractivity contribution in [2.24, 2.45) is 0 Å². The van der Waals surface area contributed by atoms with Gasteiger partial charge in [-0.15, -0.1) is 5.10 Å². The number of nitro benzene ring substituents is 1. The summed E-state index contributed by atoms with van der Waals surface area (Å²) in [6, 6.07) is 3.79. The summed E-state index contributed by atoms with van der Waals surface area (Å²) in [7, 11) is 0. The first-order valence-electron chi connectivity index (χ1n) is 5.00.